The normalized spacial score (nSPS) is 26.2. The van der Waals surface area contributed by atoms with Gasteiger partial charge < -0.3 is 4.74 Å². The van der Waals surface area contributed by atoms with E-state index in [1.807, 2.05) is 18.2 Å². The molecule has 3 rings (SSSR count). The Morgan fingerprint density at radius 3 is 2.48 bits per heavy atom. The maximum Gasteiger partial charge on any atom is 0.279 e. The Kier molecular flexibility index (Phi) is 6.78. The zero-order chi connectivity index (χ0) is 19.4. The Hall–Kier alpha value is -1.15. The van der Waals surface area contributed by atoms with Gasteiger partial charge >= 0.3 is 0 Å². The van der Waals surface area contributed by atoms with Crippen LogP contribution in [0.3, 0.4) is 0 Å². The van der Waals surface area contributed by atoms with E-state index in [1.54, 1.807) is 11.4 Å². The quantitative estimate of drug-likeness (QED) is 0.771. The van der Waals surface area contributed by atoms with Crippen LogP contribution in [0.2, 0.25) is 0 Å². The van der Waals surface area contributed by atoms with Gasteiger partial charge in [-0.1, -0.05) is 26.0 Å². The van der Waals surface area contributed by atoms with Gasteiger partial charge in [-0.25, -0.2) is 4.72 Å². The number of methoxy groups -OCH3 is 1. The predicted molar refractivity (Wildman–Crippen MR) is 108 cm³/mol. The first-order chi connectivity index (χ1) is 12.9. The van der Waals surface area contributed by atoms with E-state index in [0.29, 0.717) is 31.5 Å². The Bertz CT molecular complexity index is 709. The lowest BCUT2D eigenvalue weighted by atomic mass is 9.94. The number of benzene rings is 1. The highest BCUT2D eigenvalue weighted by atomic mass is 32.2. The molecule has 1 aromatic rings. The van der Waals surface area contributed by atoms with E-state index in [-0.39, 0.29) is 6.04 Å². The fourth-order valence-electron chi connectivity index (χ4n) is 4.44. The topological polar surface area (TPSA) is 61.9 Å². The van der Waals surface area contributed by atoms with E-state index < -0.39 is 10.2 Å². The van der Waals surface area contributed by atoms with Gasteiger partial charge in [0.2, 0.25) is 0 Å². The highest BCUT2D eigenvalue weighted by Gasteiger charge is 2.32. The van der Waals surface area contributed by atoms with Crippen LogP contribution < -0.4 is 9.46 Å². The van der Waals surface area contributed by atoms with Gasteiger partial charge in [0.1, 0.15) is 5.75 Å². The van der Waals surface area contributed by atoms with Crippen LogP contribution in [0.25, 0.3) is 0 Å². The van der Waals surface area contributed by atoms with Gasteiger partial charge in [0, 0.05) is 25.7 Å². The second kappa shape index (κ2) is 8.90. The van der Waals surface area contributed by atoms with Crippen LogP contribution in [0.4, 0.5) is 0 Å². The fourth-order valence-corrected chi connectivity index (χ4v) is 5.89. The van der Waals surface area contributed by atoms with Crippen molar-refractivity contribution < 1.29 is 13.2 Å². The first kappa shape index (κ1) is 20.6. The number of rotatable bonds is 7. The van der Waals surface area contributed by atoms with Crippen LogP contribution in [0.15, 0.2) is 24.3 Å². The highest BCUT2D eigenvalue weighted by Crippen LogP contribution is 2.28. The minimum Gasteiger partial charge on any atom is -0.497 e. The largest absolute Gasteiger partial charge is 0.497 e. The Morgan fingerprint density at radius 2 is 1.85 bits per heavy atom. The average Bonchev–Trinajstić information content (AvgIpc) is 3.15. The van der Waals surface area contributed by atoms with Gasteiger partial charge in [-0.2, -0.15) is 12.7 Å². The third-order valence-corrected chi connectivity index (χ3v) is 7.20. The molecule has 2 aliphatic rings. The van der Waals surface area contributed by atoms with Crippen molar-refractivity contribution in [1.82, 2.24) is 13.9 Å². The molecule has 0 amide bonds. The third-order valence-electron chi connectivity index (χ3n) is 5.69. The van der Waals surface area contributed by atoms with Crippen molar-refractivity contribution in [2.45, 2.75) is 39.2 Å². The first-order valence-electron chi connectivity index (χ1n) is 10.0. The molecule has 2 heterocycles. The van der Waals surface area contributed by atoms with Crippen molar-refractivity contribution in [3.63, 3.8) is 0 Å². The SMILES string of the molecule is COc1cccc(C(CNS(=O)(=O)N2CC(C)CC(C)C2)N2CCCC2)c1. The van der Waals surface area contributed by atoms with E-state index in [9.17, 15) is 8.42 Å². The summed E-state index contributed by atoms with van der Waals surface area (Å²) in [5.74, 6) is 1.61. The molecule has 0 saturated carbocycles. The first-order valence-corrected chi connectivity index (χ1v) is 11.5. The second-order valence-electron chi connectivity index (χ2n) is 8.15. The van der Waals surface area contributed by atoms with Gasteiger partial charge in [-0.15, -0.1) is 0 Å². The molecule has 27 heavy (non-hydrogen) atoms. The van der Waals surface area contributed by atoms with Gasteiger partial charge in [0.15, 0.2) is 0 Å². The van der Waals surface area contributed by atoms with Gasteiger partial charge in [0.25, 0.3) is 10.2 Å². The molecule has 0 aliphatic carbocycles. The van der Waals surface area contributed by atoms with Crippen molar-refractivity contribution >= 4 is 10.2 Å². The van der Waals surface area contributed by atoms with Crippen molar-refractivity contribution in [3.8, 4) is 5.75 Å². The average molecular weight is 396 g/mol. The van der Waals surface area contributed by atoms with E-state index in [0.717, 1.165) is 43.7 Å². The number of nitrogens with zero attached hydrogens (tertiary/aromatic N) is 2. The van der Waals surface area contributed by atoms with Gasteiger partial charge in [-0.05, 0) is 61.9 Å². The molecular formula is C20H33N3O3S. The number of hydrogen-bond acceptors (Lipinski definition) is 4. The number of nitrogens with one attached hydrogen (secondary N) is 1. The molecule has 2 fully saturated rings. The van der Waals surface area contributed by atoms with Crippen molar-refractivity contribution in [3.05, 3.63) is 29.8 Å². The van der Waals surface area contributed by atoms with Crippen molar-refractivity contribution in [2.24, 2.45) is 11.8 Å². The summed E-state index contributed by atoms with van der Waals surface area (Å²) in [4.78, 5) is 2.37. The summed E-state index contributed by atoms with van der Waals surface area (Å²) >= 11 is 0. The van der Waals surface area contributed by atoms with E-state index >= 15 is 0 Å². The molecule has 2 aliphatic heterocycles. The lowest BCUT2D eigenvalue weighted by Crippen LogP contribution is -2.49. The van der Waals surface area contributed by atoms with Crippen LogP contribution in [0.5, 0.6) is 5.75 Å². The van der Waals surface area contributed by atoms with Gasteiger partial charge in [0.05, 0.1) is 7.11 Å². The minimum atomic E-state index is -3.47. The fraction of sp³-hybridized carbons (Fsp3) is 0.700. The highest BCUT2D eigenvalue weighted by molar-refractivity contribution is 7.87. The standard InChI is InChI=1S/C20H33N3O3S/c1-16-11-17(2)15-23(14-16)27(24,25)21-13-20(22-9-4-5-10-22)18-7-6-8-19(12-18)26-3/h6-8,12,16-17,20-21H,4-5,9-11,13-15H2,1-3H3. The maximum absolute atomic E-state index is 12.9. The number of piperidine rings is 1. The molecule has 1 aromatic carbocycles. The molecule has 0 bridgehead atoms. The molecule has 0 aromatic heterocycles. The van der Waals surface area contributed by atoms with Gasteiger partial charge in [-0.3, -0.25) is 4.90 Å². The number of likely N-dealkylation sites (tertiary alicyclic amines) is 1. The molecular weight excluding hydrogens is 362 g/mol. The molecule has 2 saturated heterocycles. The summed E-state index contributed by atoms with van der Waals surface area (Å²) in [7, 11) is -1.81. The molecule has 152 valence electrons. The molecule has 3 atom stereocenters. The van der Waals surface area contributed by atoms with Crippen LogP contribution in [0, 0.1) is 11.8 Å². The lowest BCUT2D eigenvalue weighted by Gasteiger charge is -2.35. The van der Waals surface area contributed by atoms with E-state index in [4.69, 9.17) is 4.74 Å². The molecule has 0 spiro atoms. The Labute approximate surface area is 164 Å². The summed E-state index contributed by atoms with van der Waals surface area (Å²) in [5, 5.41) is 0. The predicted octanol–water partition coefficient (Wildman–Crippen LogP) is 2.64. The van der Waals surface area contributed by atoms with Crippen LogP contribution in [-0.4, -0.2) is 57.5 Å². The maximum atomic E-state index is 12.9. The van der Waals surface area contributed by atoms with Crippen LogP contribution >= 0.6 is 0 Å². The zero-order valence-corrected chi connectivity index (χ0v) is 17.5. The summed E-state index contributed by atoms with van der Waals surface area (Å²) in [6.07, 6.45) is 3.41. The summed E-state index contributed by atoms with van der Waals surface area (Å²) < 4.78 is 35.7. The molecule has 1 N–H and O–H groups in total. The van der Waals surface area contributed by atoms with Crippen molar-refractivity contribution in [2.75, 3.05) is 39.8 Å². The van der Waals surface area contributed by atoms with Crippen molar-refractivity contribution in [1.29, 1.82) is 0 Å². The molecule has 0 radical (unpaired) electrons. The second-order valence-corrected chi connectivity index (χ2v) is 9.91. The monoisotopic (exact) mass is 395 g/mol. The number of ether oxygens (including phenoxy) is 1. The zero-order valence-electron chi connectivity index (χ0n) is 16.7. The third kappa shape index (κ3) is 5.22. The molecule has 3 unspecified atom stereocenters. The van der Waals surface area contributed by atoms with Crippen LogP contribution in [-0.2, 0) is 10.2 Å². The van der Waals surface area contributed by atoms with Crippen LogP contribution in [0.1, 0.15) is 44.7 Å². The summed E-state index contributed by atoms with van der Waals surface area (Å²) in [6, 6.07) is 8.00. The Morgan fingerprint density at radius 1 is 1.19 bits per heavy atom. The Balaban J connectivity index is 1.74. The smallest absolute Gasteiger partial charge is 0.279 e. The van der Waals surface area contributed by atoms with E-state index in [2.05, 4.69) is 29.5 Å². The molecule has 7 heteroatoms. The van der Waals surface area contributed by atoms with E-state index in [1.165, 1.54) is 0 Å². The summed E-state index contributed by atoms with van der Waals surface area (Å²) in [5.41, 5.74) is 1.10. The molecule has 6 nitrogen and oxygen atoms in total. The lowest BCUT2D eigenvalue weighted by molar-refractivity contribution is 0.216. The summed E-state index contributed by atoms with van der Waals surface area (Å²) in [6.45, 7) is 7.85. The minimum absolute atomic E-state index is 0.0250. The number of hydrogen-bond donors (Lipinski definition) is 1.